The van der Waals surface area contributed by atoms with E-state index in [4.69, 9.17) is 23.2 Å². The zero-order valence-electron chi connectivity index (χ0n) is 7.74. The van der Waals surface area contributed by atoms with Crippen molar-refractivity contribution in [1.82, 2.24) is 5.32 Å². The molecule has 0 aliphatic heterocycles. The summed E-state index contributed by atoms with van der Waals surface area (Å²) in [7, 11) is 0. The minimum atomic E-state index is -0.276. The van der Waals surface area contributed by atoms with Gasteiger partial charge in [0.2, 0.25) is 0 Å². The number of halogens is 2. The van der Waals surface area contributed by atoms with E-state index in [0.29, 0.717) is 18.0 Å². The van der Waals surface area contributed by atoms with Crippen LogP contribution in [0, 0.1) is 5.41 Å². The molecule has 0 aromatic carbocycles. The Bertz CT molecular complexity index is 145. The van der Waals surface area contributed by atoms with Crippen LogP contribution in [0.3, 0.4) is 0 Å². The van der Waals surface area contributed by atoms with E-state index in [1.807, 2.05) is 0 Å². The lowest BCUT2D eigenvalue weighted by Crippen LogP contribution is -2.39. The van der Waals surface area contributed by atoms with Crippen LogP contribution in [0.1, 0.15) is 33.1 Å². The lowest BCUT2D eigenvalue weighted by Gasteiger charge is -2.28. The van der Waals surface area contributed by atoms with Crippen molar-refractivity contribution in [2.45, 2.75) is 44.0 Å². The van der Waals surface area contributed by atoms with Crippen LogP contribution in [0.25, 0.3) is 0 Å². The molecular weight excluding hydrogens is 193 g/mol. The highest BCUT2D eigenvalue weighted by atomic mass is 35.5. The van der Waals surface area contributed by atoms with Crippen LogP contribution in [-0.4, -0.2) is 17.4 Å². The van der Waals surface area contributed by atoms with Crippen molar-refractivity contribution >= 4 is 23.2 Å². The SMILES string of the molecule is CC1(C)CCCC1NCC(Cl)Cl. The van der Waals surface area contributed by atoms with Gasteiger partial charge >= 0.3 is 0 Å². The molecule has 0 heterocycles. The smallest absolute Gasteiger partial charge is 0.120 e. The van der Waals surface area contributed by atoms with Crippen LogP contribution < -0.4 is 5.32 Å². The van der Waals surface area contributed by atoms with E-state index in [2.05, 4.69) is 19.2 Å². The van der Waals surface area contributed by atoms with Gasteiger partial charge in [-0.2, -0.15) is 0 Å². The van der Waals surface area contributed by atoms with E-state index in [9.17, 15) is 0 Å². The first kappa shape index (κ1) is 10.6. The highest BCUT2D eigenvalue weighted by molar-refractivity contribution is 6.44. The largest absolute Gasteiger partial charge is 0.311 e. The van der Waals surface area contributed by atoms with E-state index >= 15 is 0 Å². The maximum Gasteiger partial charge on any atom is 0.120 e. The third-order valence-electron chi connectivity index (χ3n) is 2.78. The maximum atomic E-state index is 5.65. The van der Waals surface area contributed by atoms with Gasteiger partial charge < -0.3 is 5.32 Å². The molecule has 72 valence electrons. The van der Waals surface area contributed by atoms with Gasteiger partial charge in [0.1, 0.15) is 4.84 Å². The van der Waals surface area contributed by atoms with Crippen LogP contribution in [-0.2, 0) is 0 Å². The summed E-state index contributed by atoms with van der Waals surface area (Å²) < 4.78 is 0. The summed E-state index contributed by atoms with van der Waals surface area (Å²) in [5.74, 6) is 0. The lowest BCUT2D eigenvalue weighted by atomic mass is 9.87. The Morgan fingerprint density at radius 1 is 1.50 bits per heavy atom. The van der Waals surface area contributed by atoms with Crippen LogP contribution in [0.2, 0.25) is 0 Å². The van der Waals surface area contributed by atoms with E-state index in [1.54, 1.807) is 0 Å². The van der Waals surface area contributed by atoms with Gasteiger partial charge in [-0.15, -0.1) is 23.2 Å². The minimum absolute atomic E-state index is 0.276. The monoisotopic (exact) mass is 209 g/mol. The van der Waals surface area contributed by atoms with Gasteiger partial charge in [0.15, 0.2) is 0 Å². The molecule has 0 saturated heterocycles. The van der Waals surface area contributed by atoms with Crippen molar-refractivity contribution in [3.05, 3.63) is 0 Å². The van der Waals surface area contributed by atoms with Crippen molar-refractivity contribution in [1.29, 1.82) is 0 Å². The Morgan fingerprint density at radius 3 is 2.58 bits per heavy atom. The Hall–Kier alpha value is 0.540. The molecule has 0 aromatic heterocycles. The molecule has 0 radical (unpaired) electrons. The van der Waals surface area contributed by atoms with Crippen molar-refractivity contribution in [2.75, 3.05) is 6.54 Å². The molecule has 1 aliphatic carbocycles. The molecule has 0 aromatic rings. The predicted octanol–water partition coefficient (Wildman–Crippen LogP) is 2.96. The Balaban J connectivity index is 2.32. The van der Waals surface area contributed by atoms with Gasteiger partial charge in [-0.05, 0) is 18.3 Å². The molecule has 0 amide bonds. The predicted molar refractivity (Wildman–Crippen MR) is 54.9 cm³/mol. The van der Waals surface area contributed by atoms with E-state index < -0.39 is 0 Å². The Kier molecular flexibility index (Phi) is 3.69. The molecule has 1 rings (SSSR count). The molecule has 1 N–H and O–H groups in total. The average molecular weight is 210 g/mol. The first-order valence-electron chi connectivity index (χ1n) is 4.54. The zero-order valence-corrected chi connectivity index (χ0v) is 9.25. The highest BCUT2D eigenvalue weighted by Gasteiger charge is 2.33. The molecule has 0 bridgehead atoms. The summed E-state index contributed by atoms with van der Waals surface area (Å²) in [4.78, 5) is -0.276. The minimum Gasteiger partial charge on any atom is -0.311 e. The van der Waals surface area contributed by atoms with Gasteiger partial charge in [0.05, 0.1) is 0 Å². The topological polar surface area (TPSA) is 12.0 Å². The van der Waals surface area contributed by atoms with Crippen molar-refractivity contribution in [3.8, 4) is 0 Å². The normalized spacial score (nSPS) is 28.2. The molecule has 0 spiro atoms. The van der Waals surface area contributed by atoms with Crippen LogP contribution >= 0.6 is 23.2 Å². The quantitative estimate of drug-likeness (QED) is 0.706. The van der Waals surface area contributed by atoms with E-state index in [-0.39, 0.29) is 4.84 Å². The highest BCUT2D eigenvalue weighted by Crippen LogP contribution is 2.37. The molecule has 1 fully saturated rings. The molecule has 3 heteroatoms. The van der Waals surface area contributed by atoms with Crippen LogP contribution in [0.15, 0.2) is 0 Å². The van der Waals surface area contributed by atoms with Gasteiger partial charge in [-0.1, -0.05) is 20.3 Å². The molecule has 12 heavy (non-hydrogen) atoms. The first-order valence-corrected chi connectivity index (χ1v) is 5.41. The van der Waals surface area contributed by atoms with Crippen LogP contribution in [0.4, 0.5) is 0 Å². The number of alkyl halides is 2. The molecule has 1 saturated carbocycles. The summed E-state index contributed by atoms with van der Waals surface area (Å²) in [5.41, 5.74) is 0.419. The Labute approximate surface area is 84.8 Å². The fourth-order valence-corrected chi connectivity index (χ4v) is 2.11. The summed E-state index contributed by atoms with van der Waals surface area (Å²) in [6.07, 6.45) is 3.88. The third kappa shape index (κ3) is 2.79. The standard InChI is InChI=1S/C9H17Cl2N/c1-9(2)5-3-4-7(9)12-6-8(10)11/h7-8,12H,3-6H2,1-2H3. The lowest BCUT2D eigenvalue weighted by molar-refractivity contribution is 0.287. The van der Waals surface area contributed by atoms with Gasteiger partial charge in [-0.3, -0.25) is 0 Å². The van der Waals surface area contributed by atoms with Gasteiger partial charge in [-0.25, -0.2) is 0 Å². The second-order valence-corrected chi connectivity index (χ2v) is 5.51. The van der Waals surface area contributed by atoms with Gasteiger partial charge in [0, 0.05) is 12.6 Å². The van der Waals surface area contributed by atoms with E-state index in [1.165, 1.54) is 19.3 Å². The zero-order chi connectivity index (χ0) is 9.19. The molecule has 1 atom stereocenters. The summed E-state index contributed by atoms with van der Waals surface area (Å²) in [6, 6.07) is 0.595. The van der Waals surface area contributed by atoms with Gasteiger partial charge in [0.25, 0.3) is 0 Å². The summed E-state index contributed by atoms with van der Waals surface area (Å²) in [5, 5.41) is 3.41. The number of hydrogen-bond acceptors (Lipinski definition) is 1. The molecule has 1 aliphatic rings. The van der Waals surface area contributed by atoms with E-state index in [0.717, 1.165) is 0 Å². The molecular formula is C9H17Cl2N. The van der Waals surface area contributed by atoms with Crippen molar-refractivity contribution in [3.63, 3.8) is 0 Å². The summed E-state index contributed by atoms with van der Waals surface area (Å²) in [6.45, 7) is 5.31. The summed E-state index contributed by atoms with van der Waals surface area (Å²) >= 11 is 11.3. The second kappa shape index (κ2) is 4.17. The Morgan fingerprint density at radius 2 is 2.17 bits per heavy atom. The molecule has 1 unspecified atom stereocenters. The molecule has 1 nitrogen and oxygen atoms in total. The van der Waals surface area contributed by atoms with Crippen molar-refractivity contribution < 1.29 is 0 Å². The second-order valence-electron chi connectivity index (χ2n) is 4.23. The fourth-order valence-electron chi connectivity index (χ4n) is 1.94. The first-order chi connectivity index (χ1) is 5.52. The number of nitrogens with one attached hydrogen (secondary N) is 1. The number of rotatable bonds is 3. The number of hydrogen-bond donors (Lipinski definition) is 1. The third-order valence-corrected chi connectivity index (χ3v) is 3.08. The maximum absolute atomic E-state index is 5.65. The van der Waals surface area contributed by atoms with Crippen LogP contribution in [0.5, 0.6) is 0 Å². The fraction of sp³-hybridized carbons (Fsp3) is 1.00. The average Bonchev–Trinajstić information content (AvgIpc) is 2.25. The van der Waals surface area contributed by atoms with Crippen molar-refractivity contribution in [2.24, 2.45) is 5.41 Å².